The van der Waals surface area contributed by atoms with E-state index in [1.54, 1.807) is 0 Å². The molecule has 0 aromatic carbocycles. The zero-order valence-corrected chi connectivity index (χ0v) is 31.4. The molecule has 47 heavy (non-hydrogen) atoms. The number of rotatable bonds is 11. The minimum absolute atomic E-state index is 0.0245. The Balaban J connectivity index is 1.21. The number of aliphatic carboxylic acids is 1. The van der Waals surface area contributed by atoms with Gasteiger partial charge in [0.05, 0.1) is 12.8 Å². The molecule has 0 aromatic heterocycles. The van der Waals surface area contributed by atoms with Gasteiger partial charge >= 0.3 is 11.9 Å². The number of hydrogen-bond acceptors (Lipinski definition) is 4. The van der Waals surface area contributed by atoms with Crippen molar-refractivity contribution in [3.8, 4) is 0 Å². The average Bonchev–Trinajstić information content (AvgIpc) is 3.70. The van der Waals surface area contributed by atoms with E-state index in [-0.39, 0.29) is 35.7 Å². The van der Waals surface area contributed by atoms with Crippen molar-refractivity contribution in [1.29, 1.82) is 0 Å². The lowest BCUT2D eigenvalue weighted by molar-refractivity contribution is -0.250. The van der Waals surface area contributed by atoms with Crippen LogP contribution in [0.25, 0.3) is 0 Å². The molecule has 6 aliphatic rings. The molecule has 0 saturated heterocycles. The first-order valence-corrected chi connectivity index (χ1v) is 19.7. The van der Waals surface area contributed by atoms with Crippen molar-refractivity contribution in [2.24, 2.45) is 68.0 Å². The highest BCUT2D eigenvalue weighted by Gasteiger charge is 2.71. The van der Waals surface area contributed by atoms with Crippen molar-refractivity contribution in [2.45, 2.75) is 158 Å². The predicted octanol–water partition coefficient (Wildman–Crippen LogP) is 9.84. The molecule has 0 aromatic rings. The molecule has 5 unspecified atom stereocenters. The summed E-state index contributed by atoms with van der Waals surface area (Å²) in [5.41, 5.74) is 2.12. The molecule has 6 fully saturated rings. The fraction of sp³-hybridized carbons (Fsp3) is 0.905. The number of carboxylic acids is 1. The summed E-state index contributed by atoms with van der Waals surface area (Å²) in [4.78, 5) is 24.6. The third kappa shape index (κ3) is 5.97. The van der Waals surface area contributed by atoms with E-state index in [1.807, 2.05) is 13.8 Å². The second-order valence-corrected chi connectivity index (χ2v) is 20.2. The molecule has 6 saturated carbocycles. The van der Waals surface area contributed by atoms with Crippen LogP contribution in [0.4, 0.5) is 0 Å². The van der Waals surface area contributed by atoms with E-state index >= 15 is 0 Å². The quantitative estimate of drug-likeness (QED) is 0.132. The van der Waals surface area contributed by atoms with Crippen molar-refractivity contribution >= 4 is 11.9 Å². The molecule has 0 spiro atoms. The minimum Gasteiger partial charge on any atom is -0.481 e. The van der Waals surface area contributed by atoms with Gasteiger partial charge in [0.25, 0.3) is 0 Å². The first-order chi connectivity index (χ1) is 21.9. The van der Waals surface area contributed by atoms with Gasteiger partial charge in [0.1, 0.15) is 6.10 Å². The maximum absolute atomic E-state index is 13.2. The molecule has 0 radical (unpaired) electrons. The molecule has 0 aliphatic heterocycles. The topological polar surface area (TPSA) is 75.6 Å². The molecular weight excluding hydrogens is 582 g/mol. The maximum Gasteiger partial charge on any atom is 0.306 e. The molecule has 0 amide bonds. The van der Waals surface area contributed by atoms with Crippen LogP contribution in [-0.2, 0) is 14.3 Å². The van der Waals surface area contributed by atoms with Crippen LogP contribution in [-0.4, -0.2) is 36.2 Å². The minimum atomic E-state index is -0.863. The maximum atomic E-state index is 13.2. The summed E-state index contributed by atoms with van der Waals surface area (Å²) >= 11 is 0. The zero-order valence-electron chi connectivity index (χ0n) is 31.4. The summed E-state index contributed by atoms with van der Waals surface area (Å²) in [6, 6.07) is 0. The Bertz CT molecular complexity index is 1230. The second kappa shape index (κ2) is 12.2. The van der Waals surface area contributed by atoms with Gasteiger partial charge in [-0.3, -0.25) is 9.59 Å². The van der Waals surface area contributed by atoms with Crippen LogP contribution < -0.4 is 5.32 Å². The molecule has 0 heterocycles. The van der Waals surface area contributed by atoms with Gasteiger partial charge in [0, 0.05) is 5.41 Å². The highest BCUT2D eigenvalue weighted by Crippen LogP contribution is 2.78. The number of hydrogen-bond donors (Lipinski definition) is 2. The van der Waals surface area contributed by atoms with Crippen LogP contribution in [0.1, 0.15) is 152 Å². The largest absolute Gasteiger partial charge is 0.481 e. The van der Waals surface area contributed by atoms with Gasteiger partial charge in [-0.05, 0) is 166 Å². The normalized spacial score (nSPS) is 44.0. The molecular formula is C42H69NO4. The molecule has 10 atom stereocenters. The van der Waals surface area contributed by atoms with E-state index in [9.17, 15) is 14.7 Å². The van der Waals surface area contributed by atoms with Crippen LogP contribution in [0.3, 0.4) is 0 Å². The van der Waals surface area contributed by atoms with Crippen LogP contribution in [0.2, 0.25) is 0 Å². The number of allylic oxidation sites excluding steroid dienone is 1. The molecule has 266 valence electrons. The van der Waals surface area contributed by atoms with E-state index < -0.39 is 11.4 Å². The standard InChI is InChI=1S/C42H69NO4/c1-27(2)29-14-19-42(22-23-43-26-28-10-11-28)21-20-40(8)30(36(29)42)12-13-32-39(7)17-16-33(38(5,6)31(39)15-18-41(32,40)9)47-35(46)25-37(3,4)24-34(44)45/h28-33,36,43H,1,10-26H2,2-9H3,(H,44,45)/t29?,30-,31?,32?,33?,36?,39+,40-,41-,42-/m1/s1. The van der Waals surface area contributed by atoms with E-state index in [0.717, 1.165) is 30.6 Å². The van der Waals surface area contributed by atoms with Crippen LogP contribution in [0.15, 0.2) is 12.2 Å². The van der Waals surface area contributed by atoms with Gasteiger partial charge in [-0.15, -0.1) is 0 Å². The number of carboxylic acid groups (broad SMARTS) is 1. The van der Waals surface area contributed by atoms with Gasteiger partial charge in [0.15, 0.2) is 0 Å². The molecule has 2 N–H and O–H groups in total. The van der Waals surface area contributed by atoms with Gasteiger partial charge in [-0.1, -0.05) is 60.6 Å². The number of fused-ring (bicyclic) bond motifs is 7. The molecule has 5 heteroatoms. The Hall–Kier alpha value is -1.36. The van der Waals surface area contributed by atoms with Crippen LogP contribution in [0, 0.1) is 68.0 Å². The van der Waals surface area contributed by atoms with Gasteiger partial charge in [0.2, 0.25) is 0 Å². The Labute approximate surface area is 287 Å². The number of esters is 1. The number of ether oxygens (including phenoxy) is 1. The van der Waals surface area contributed by atoms with Crippen molar-refractivity contribution in [3.63, 3.8) is 0 Å². The van der Waals surface area contributed by atoms with Crippen molar-refractivity contribution < 1.29 is 19.4 Å². The lowest BCUT2D eigenvalue weighted by Gasteiger charge is -2.73. The second-order valence-electron chi connectivity index (χ2n) is 20.2. The SMILES string of the molecule is C=C(C)C1CC[C@]2(CCNCC3CC3)CC[C@]3(C)[C@H](CCC4[C@@]5(C)CCC(OC(=O)CC(C)(C)CC(=O)O)C(C)(C)C5CC[C@]43C)C12. The van der Waals surface area contributed by atoms with Crippen molar-refractivity contribution in [3.05, 3.63) is 12.2 Å². The summed E-state index contributed by atoms with van der Waals surface area (Å²) in [6.45, 7) is 25.9. The van der Waals surface area contributed by atoms with Crippen LogP contribution >= 0.6 is 0 Å². The van der Waals surface area contributed by atoms with Crippen molar-refractivity contribution in [1.82, 2.24) is 5.32 Å². The van der Waals surface area contributed by atoms with Crippen molar-refractivity contribution in [2.75, 3.05) is 13.1 Å². The van der Waals surface area contributed by atoms with Gasteiger partial charge in [-0.2, -0.15) is 0 Å². The zero-order chi connectivity index (χ0) is 34.2. The number of nitrogens with one attached hydrogen (secondary N) is 1. The van der Waals surface area contributed by atoms with E-state index in [1.165, 1.54) is 89.3 Å². The van der Waals surface area contributed by atoms with E-state index in [4.69, 9.17) is 4.74 Å². The average molecular weight is 652 g/mol. The Kier molecular flexibility index (Phi) is 9.17. The summed E-state index contributed by atoms with van der Waals surface area (Å²) < 4.78 is 6.29. The number of carbonyl (C=O) groups excluding carboxylic acids is 1. The number of carbonyl (C=O) groups is 2. The highest BCUT2D eigenvalue weighted by atomic mass is 16.5. The summed E-state index contributed by atoms with van der Waals surface area (Å²) in [5, 5.41) is 13.2. The Morgan fingerprint density at radius 3 is 2.23 bits per heavy atom. The monoisotopic (exact) mass is 652 g/mol. The third-order valence-corrected chi connectivity index (χ3v) is 16.6. The Morgan fingerprint density at radius 2 is 1.57 bits per heavy atom. The highest BCUT2D eigenvalue weighted by molar-refractivity contribution is 5.73. The molecule has 6 aliphatic carbocycles. The molecule has 5 nitrogen and oxygen atoms in total. The molecule has 0 bridgehead atoms. The van der Waals surface area contributed by atoms with Gasteiger partial charge < -0.3 is 15.2 Å². The predicted molar refractivity (Wildman–Crippen MR) is 190 cm³/mol. The fourth-order valence-corrected chi connectivity index (χ4v) is 13.9. The summed E-state index contributed by atoms with van der Waals surface area (Å²) in [5.74, 6) is 3.30. The first-order valence-electron chi connectivity index (χ1n) is 19.7. The Morgan fingerprint density at radius 1 is 0.851 bits per heavy atom. The van der Waals surface area contributed by atoms with E-state index in [2.05, 4.69) is 53.4 Å². The fourth-order valence-electron chi connectivity index (χ4n) is 13.9. The smallest absolute Gasteiger partial charge is 0.306 e. The lowest BCUT2D eigenvalue weighted by Crippen LogP contribution is -2.66. The van der Waals surface area contributed by atoms with Gasteiger partial charge in [-0.25, -0.2) is 0 Å². The third-order valence-electron chi connectivity index (χ3n) is 16.6. The summed E-state index contributed by atoms with van der Waals surface area (Å²) in [7, 11) is 0. The first kappa shape index (κ1) is 35.5. The van der Waals surface area contributed by atoms with E-state index in [0.29, 0.717) is 34.0 Å². The van der Waals surface area contributed by atoms with Crippen LogP contribution in [0.5, 0.6) is 0 Å². The lowest BCUT2D eigenvalue weighted by atomic mass is 9.32. The summed E-state index contributed by atoms with van der Waals surface area (Å²) in [6.07, 6.45) is 17.0. The molecule has 6 rings (SSSR count).